The van der Waals surface area contributed by atoms with Gasteiger partial charge in [-0.1, -0.05) is 0 Å². The van der Waals surface area contributed by atoms with Gasteiger partial charge in [0.05, 0.1) is 5.69 Å². The van der Waals surface area contributed by atoms with E-state index in [0.29, 0.717) is 6.07 Å². The minimum Gasteiger partial charge on any atom is -0.505 e. The van der Waals surface area contributed by atoms with Crippen molar-refractivity contribution < 1.29 is 22.3 Å². The Balaban J connectivity index is 3.52. The van der Waals surface area contributed by atoms with Gasteiger partial charge in [-0.2, -0.15) is 0 Å². The van der Waals surface area contributed by atoms with Crippen LogP contribution in [0.4, 0.5) is 8.78 Å². The summed E-state index contributed by atoms with van der Waals surface area (Å²) < 4.78 is 46.4. The Morgan fingerprint density at radius 1 is 1.53 bits per heavy atom. The Morgan fingerprint density at radius 2 is 2.07 bits per heavy atom. The maximum atomic E-state index is 12.3. The molecular formula is C7H8F2N2O3S. The second kappa shape index (κ2) is 3.70. The standard InChI is InChI=1S/C7H8F2N2O3S/c1-3-6(12)5(15(10,13)14)2-4(11-3)7(8)9/h2,7,12H,1H3,(H2,10,13,14). The van der Waals surface area contributed by atoms with E-state index in [4.69, 9.17) is 5.14 Å². The number of primary sulfonamides is 1. The number of halogens is 2. The molecular weight excluding hydrogens is 230 g/mol. The molecule has 1 aromatic heterocycles. The molecule has 0 spiro atoms. The largest absolute Gasteiger partial charge is 0.505 e. The van der Waals surface area contributed by atoms with Gasteiger partial charge in [-0.05, 0) is 13.0 Å². The van der Waals surface area contributed by atoms with Gasteiger partial charge >= 0.3 is 0 Å². The van der Waals surface area contributed by atoms with Gasteiger partial charge in [-0.3, -0.25) is 0 Å². The predicted molar refractivity (Wildman–Crippen MR) is 47.0 cm³/mol. The summed E-state index contributed by atoms with van der Waals surface area (Å²) in [6.07, 6.45) is -2.93. The average Bonchev–Trinajstić information content (AvgIpc) is 2.06. The highest BCUT2D eigenvalue weighted by atomic mass is 32.2. The summed E-state index contributed by atoms with van der Waals surface area (Å²) in [5.41, 5.74) is -0.953. The first-order chi connectivity index (χ1) is 6.73. The molecule has 5 nitrogen and oxygen atoms in total. The number of nitrogens with zero attached hydrogens (tertiary/aromatic N) is 1. The quantitative estimate of drug-likeness (QED) is 0.792. The maximum Gasteiger partial charge on any atom is 0.280 e. The van der Waals surface area contributed by atoms with E-state index in [0.717, 1.165) is 0 Å². The molecule has 0 aliphatic heterocycles. The second-order valence-corrected chi connectivity index (χ2v) is 4.35. The SMILES string of the molecule is Cc1nc(C(F)F)cc(S(N)(=O)=O)c1O. The van der Waals surface area contributed by atoms with E-state index in [-0.39, 0.29) is 5.69 Å². The number of pyridine rings is 1. The molecule has 0 aromatic carbocycles. The minimum atomic E-state index is -4.24. The fourth-order valence-electron chi connectivity index (χ4n) is 0.989. The third kappa shape index (κ3) is 2.39. The number of sulfonamides is 1. The molecule has 0 saturated carbocycles. The summed E-state index contributed by atoms with van der Waals surface area (Å²) in [5, 5.41) is 14.0. The van der Waals surface area contributed by atoms with Crippen molar-refractivity contribution in [1.82, 2.24) is 4.98 Å². The predicted octanol–water partition coefficient (Wildman–Crippen LogP) is 0.681. The molecule has 0 atom stereocenters. The van der Waals surface area contributed by atoms with Gasteiger partial charge in [-0.15, -0.1) is 0 Å². The van der Waals surface area contributed by atoms with Crippen molar-refractivity contribution >= 4 is 10.0 Å². The van der Waals surface area contributed by atoms with Gasteiger partial charge in [0.25, 0.3) is 6.43 Å². The molecule has 0 aliphatic carbocycles. The number of nitrogens with two attached hydrogens (primary N) is 1. The van der Waals surface area contributed by atoms with E-state index in [1.807, 2.05) is 0 Å². The number of alkyl halides is 2. The molecule has 0 amide bonds. The third-order valence-corrected chi connectivity index (χ3v) is 2.61. The van der Waals surface area contributed by atoms with Crippen LogP contribution >= 0.6 is 0 Å². The van der Waals surface area contributed by atoms with Crippen LogP contribution in [0.2, 0.25) is 0 Å². The van der Waals surface area contributed by atoms with Crippen LogP contribution in [-0.2, 0) is 10.0 Å². The van der Waals surface area contributed by atoms with Gasteiger partial charge in [0, 0.05) is 0 Å². The summed E-state index contributed by atoms with van der Waals surface area (Å²) in [6.45, 7) is 1.20. The molecule has 1 heterocycles. The van der Waals surface area contributed by atoms with Gasteiger partial charge in [0.15, 0.2) is 5.75 Å². The van der Waals surface area contributed by atoms with E-state index < -0.39 is 32.8 Å². The van der Waals surface area contributed by atoms with Crippen molar-refractivity contribution in [3.8, 4) is 5.75 Å². The maximum absolute atomic E-state index is 12.3. The van der Waals surface area contributed by atoms with Gasteiger partial charge < -0.3 is 5.11 Å². The third-order valence-electron chi connectivity index (χ3n) is 1.68. The lowest BCUT2D eigenvalue weighted by Crippen LogP contribution is -2.14. The summed E-state index contributed by atoms with van der Waals surface area (Å²) in [7, 11) is -4.24. The molecule has 0 unspecified atom stereocenters. The lowest BCUT2D eigenvalue weighted by molar-refractivity contribution is 0.145. The lowest BCUT2D eigenvalue weighted by atomic mass is 10.3. The van der Waals surface area contributed by atoms with Crippen molar-refractivity contribution in [2.45, 2.75) is 18.2 Å². The fraction of sp³-hybridized carbons (Fsp3) is 0.286. The Bertz CT molecular complexity index is 487. The molecule has 8 heteroatoms. The zero-order chi connectivity index (χ0) is 11.8. The van der Waals surface area contributed by atoms with Crippen LogP contribution in [0.5, 0.6) is 5.75 Å². The zero-order valence-corrected chi connectivity index (χ0v) is 8.42. The highest BCUT2D eigenvalue weighted by Crippen LogP contribution is 2.28. The van der Waals surface area contributed by atoms with E-state index in [2.05, 4.69) is 4.98 Å². The molecule has 0 fully saturated rings. The molecule has 0 bridgehead atoms. The lowest BCUT2D eigenvalue weighted by Gasteiger charge is -2.07. The van der Waals surface area contributed by atoms with E-state index in [1.54, 1.807) is 0 Å². The molecule has 0 aliphatic rings. The summed E-state index contributed by atoms with van der Waals surface area (Å²) >= 11 is 0. The second-order valence-electron chi connectivity index (χ2n) is 2.82. The van der Waals surface area contributed by atoms with Crippen LogP contribution in [0, 0.1) is 6.92 Å². The van der Waals surface area contributed by atoms with E-state index in [1.165, 1.54) is 6.92 Å². The summed E-state index contributed by atoms with van der Waals surface area (Å²) in [6, 6.07) is 0.558. The molecule has 1 aromatic rings. The first-order valence-corrected chi connectivity index (χ1v) is 5.29. The van der Waals surface area contributed by atoms with E-state index in [9.17, 15) is 22.3 Å². The number of hydrogen-bond acceptors (Lipinski definition) is 4. The Kier molecular flexibility index (Phi) is 2.91. The van der Waals surface area contributed by atoms with Crippen LogP contribution in [0.25, 0.3) is 0 Å². The topological polar surface area (TPSA) is 93.3 Å². The molecule has 1 rings (SSSR count). The molecule has 15 heavy (non-hydrogen) atoms. The van der Waals surface area contributed by atoms with Crippen LogP contribution in [-0.4, -0.2) is 18.5 Å². The van der Waals surface area contributed by atoms with Crippen LogP contribution in [0.3, 0.4) is 0 Å². The highest BCUT2D eigenvalue weighted by molar-refractivity contribution is 7.89. The van der Waals surface area contributed by atoms with Crippen molar-refractivity contribution in [1.29, 1.82) is 0 Å². The van der Waals surface area contributed by atoms with Crippen molar-refractivity contribution in [2.24, 2.45) is 5.14 Å². The number of aromatic nitrogens is 1. The number of aryl methyl sites for hydroxylation is 1. The van der Waals surface area contributed by atoms with Crippen LogP contribution in [0.15, 0.2) is 11.0 Å². The average molecular weight is 238 g/mol. The van der Waals surface area contributed by atoms with Crippen LogP contribution < -0.4 is 5.14 Å². The van der Waals surface area contributed by atoms with Crippen molar-refractivity contribution in [3.63, 3.8) is 0 Å². The minimum absolute atomic E-state index is 0.211. The summed E-state index contributed by atoms with van der Waals surface area (Å²) in [5.74, 6) is -0.707. The van der Waals surface area contributed by atoms with Crippen molar-refractivity contribution in [2.75, 3.05) is 0 Å². The number of aromatic hydroxyl groups is 1. The Morgan fingerprint density at radius 3 is 2.47 bits per heavy atom. The molecule has 0 radical (unpaired) electrons. The fourth-order valence-corrected chi connectivity index (χ4v) is 1.69. The normalized spacial score (nSPS) is 12.1. The van der Waals surface area contributed by atoms with E-state index >= 15 is 0 Å². The molecule has 84 valence electrons. The van der Waals surface area contributed by atoms with Crippen molar-refractivity contribution in [3.05, 3.63) is 17.5 Å². The van der Waals surface area contributed by atoms with Gasteiger partial charge in [-0.25, -0.2) is 27.3 Å². The monoisotopic (exact) mass is 238 g/mol. The number of hydrogen-bond donors (Lipinski definition) is 2. The number of rotatable bonds is 2. The highest BCUT2D eigenvalue weighted by Gasteiger charge is 2.21. The first kappa shape index (κ1) is 11.8. The van der Waals surface area contributed by atoms with Crippen LogP contribution in [0.1, 0.15) is 17.8 Å². The Hall–Kier alpha value is -1.28. The first-order valence-electron chi connectivity index (χ1n) is 3.75. The molecule has 0 saturated heterocycles. The molecule has 3 N–H and O–H groups in total. The summed E-state index contributed by atoms with van der Waals surface area (Å²) in [4.78, 5) is 2.58. The smallest absolute Gasteiger partial charge is 0.280 e. The zero-order valence-electron chi connectivity index (χ0n) is 7.61. The Labute approximate surface area is 84.6 Å². The van der Waals surface area contributed by atoms with Gasteiger partial charge in [0.2, 0.25) is 10.0 Å². The van der Waals surface area contributed by atoms with Gasteiger partial charge in [0.1, 0.15) is 10.6 Å².